The molecule has 0 bridgehead atoms. The molecule has 0 aliphatic carbocycles. The van der Waals surface area contributed by atoms with Crippen molar-refractivity contribution in [1.82, 2.24) is 14.7 Å². The van der Waals surface area contributed by atoms with E-state index in [1.807, 2.05) is 16.7 Å². The van der Waals surface area contributed by atoms with Crippen LogP contribution < -0.4 is 0 Å². The van der Waals surface area contributed by atoms with Gasteiger partial charge in [0.15, 0.2) is 0 Å². The third-order valence-corrected chi connectivity index (χ3v) is 4.26. The van der Waals surface area contributed by atoms with Crippen LogP contribution in [0.2, 0.25) is 0 Å². The van der Waals surface area contributed by atoms with Crippen LogP contribution in [-0.2, 0) is 24.0 Å². The van der Waals surface area contributed by atoms with E-state index in [9.17, 15) is 24.0 Å². The molecule has 0 aromatic heterocycles. The first-order chi connectivity index (χ1) is 13.0. The van der Waals surface area contributed by atoms with E-state index in [0.29, 0.717) is 26.2 Å². The van der Waals surface area contributed by atoms with Crippen molar-refractivity contribution in [1.29, 1.82) is 0 Å². The number of ketones is 5. The fourth-order valence-corrected chi connectivity index (χ4v) is 3.09. The molecule has 28 heavy (non-hydrogen) atoms. The van der Waals surface area contributed by atoms with Crippen LogP contribution in [0.3, 0.4) is 0 Å². The van der Waals surface area contributed by atoms with E-state index in [0.717, 1.165) is 0 Å². The van der Waals surface area contributed by atoms with Gasteiger partial charge in [-0.25, -0.2) is 0 Å². The highest BCUT2D eigenvalue weighted by atomic mass is 16.1. The van der Waals surface area contributed by atoms with Crippen molar-refractivity contribution in [2.45, 2.75) is 47.6 Å². The maximum absolute atomic E-state index is 12.3. The van der Waals surface area contributed by atoms with E-state index in [2.05, 4.69) is 0 Å². The van der Waals surface area contributed by atoms with Crippen molar-refractivity contribution < 1.29 is 24.0 Å². The van der Waals surface area contributed by atoms with Crippen LogP contribution in [0.4, 0.5) is 0 Å². The van der Waals surface area contributed by atoms with Gasteiger partial charge in [-0.05, 0) is 41.2 Å². The molecule has 1 unspecified atom stereocenters. The lowest BCUT2D eigenvalue weighted by Gasteiger charge is -2.33. The van der Waals surface area contributed by atoms with Crippen LogP contribution >= 0.6 is 0 Å². The zero-order valence-corrected chi connectivity index (χ0v) is 18.1. The van der Waals surface area contributed by atoms with Gasteiger partial charge in [0.25, 0.3) is 0 Å². The number of likely N-dealkylation sites (N-methyl/N-ethyl adjacent to an activating group) is 1. The Morgan fingerprint density at radius 2 is 1.04 bits per heavy atom. The van der Waals surface area contributed by atoms with Gasteiger partial charge in [0.1, 0.15) is 28.9 Å². The van der Waals surface area contributed by atoms with E-state index >= 15 is 0 Å². The molecular weight excluding hydrogens is 362 g/mol. The van der Waals surface area contributed by atoms with Crippen LogP contribution in [0.25, 0.3) is 0 Å². The van der Waals surface area contributed by atoms with E-state index in [1.165, 1.54) is 34.6 Å². The minimum Gasteiger partial charge on any atom is -0.299 e. The van der Waals surface area contributed by atoms with Gasteiger partial charge in [-0.3, -0.25) is 38.7 Å². The predicted molar refractivity (Wildman–Crippen MR) is 107 cm³/mol. The Labute approximate surface area is 168 Å². The second-order valence-corrected chi connectivity index (χ2v) is 7.44. The van der Waals surface area contributed by atoms with Gasteiger partial charge in [0.05, 0.1) is 32.2 Å². The van der Waals surface area contributed by atoms with Gasteiger partial charge in [0, 0.05) is 19.6 Å². The third-order valence-electron chi connectivity index (χ3n) is 4.26. The Balaban J connectivity index is 5.34. The van der Waals surface area contributed by atoms with Crippen molar-refractivity contribution in [3.05, 3.63) is 0 Å². The lowest BCUT2D eigenvalue weighted by Crippen LogP contribution is -2.52. The molecule has 0 amide bonds. The summed E-state index contributed by atoms with van der Waals surface area (Å²) in [6, 6.07) is -0.657. The van der Waals surface area contributed by atoms with Crippen molar-refractivity contribution in [3.8, 4) is 0 Å². The summed E-state index contributed by atoms with van der Waals surface area (Å²) in [5, 5.41) is 0. The number of rotatable bonds is 16. The minimum absolute atomic E-state index is 0.00313. The molecule has 0 N–H and O–H groups in total. The van der Waals surface area contributed by atoms with Crippen LogP contribution in [0.1, 0.15) is 41.5 Å². The lowest BCUT2D eigenvalue weighted by atomic mass is 10.1. The summed E-state index contributed by atoms with van der Waals surface area (Å²) in [7, 11) is 0. The van der Waals surface area contributed by atoms with Crippen molar-refractivity contribution in [3.63, 3.8) is 0 Å². The summed E-state index contributed by atoms with van der Waals surface area (Å²) in [5.41, 5.74) is 0. The van der Waals surface area contributed by atoms with Crippen LogP contribution in [0.15, 0.2) is 0 Å². The van der Waals surface area contributed by atoms with Crippen LogP contribution in [-0.4, -0.2) is 102 Å². The van der Waals surface area contributed by atoms with Crippen molar-refractivity contribution in [2.75, 3.05) is 52.4 Å². The number of carbonyl (C=O) groups excluding carboxylic acids is 5. The zero-order chi connectivity index (χ0) is 21.9. The number of hydrogen-bond donors (Lipinski definition) is 0. The van der Waals surface area contributed by atoms with Crippen LogP contribution in [0, 0.1) is 0 Å². The summed E-state index contributed by atoms with van der Waals surface area (Å²) >= 11 is 0. The van der Waals surface area contributed by atoms with E-state index in [1.54, 1.807) is 4.90 Å². The molecular formula is C20H35N3O5. The maximum Gasteiger partial charge on any atom is 0.148 e. The summed E-state index contributed by atoms with van der Waals surface area (Å²) in [6.45, 7) is 11.7. The molecule has 8 nitrogen and oxygen atoms in total. The molecule has 0 saturated carbocycles. The fraction of sp³-hybridized carbons (Fsp3) is 0.750. The molecule has 0 aromatic rings. The zero-order valence-electron chi connectivity index (χ0n) is 18.1. The third kappa shape index (κ3) is 11.8. The standard InChI is InChI=1S/C20H35N3O5/c1-7-21(10-15(2)24)8-9-22(11-16(3)25)14-20(19(6)28)23(12-17(4)26)13-18(5)27/h20H,7-14H2,1-6H3. The fourth-order valence-electron chi connectivity index (χ4n) is 3.09. The first-order valence-electron chi connectivity index (χ1n) is 9.63. The Morgan fingerprint density at radius 1 is 0.643 bits per heavy atom. The molecule has 0 rings (SSSR count). The monoisotopic (exact) mass is 397 g/mol. The van der Waals surface area contributed by atoms with Crippen LogP contribution in [0.5, 0.6) is 0 Å². The van der Waals surface area contributed by atoms with Gasteiger partial charge in [-0.15, -0.1) is 0 Å². The van der Waals surface area contributed by atoms with E-state index in [-0.39, 0.29) is 55.1 Å². The second kappa shape index (κ2) is 13.4. The first kappa shape index (κ1) is 26.2. The highest BCUT2D eigenvalue weighted by Crippen LogP contribution is 2.07. The highest BCUT2D eigenvalue weighted by Gasteiger charge is 2.27. The number of hydrogen-bond acceptors (Lipinski definition) is 8. The Morgan fingerprint density at radius 3 is 1.39 bits per heavy atom. The summed E-state index contributed by atoms with van der Waals surface area (Å²) < 4.78 is 0. The molecule has 1 atom stereocenters. The summed E-state index contributed by atoms with van der Waals surface area (Å²) in [5.74, 6) is -0.405. The average molecular weight is 398 g/mol. The molecule has 0 aliphatic heterocycles. The maximum atomic E-state index is 12.3. The Kier molecular flexibility index (Phi) is 12.6. The van der Waals surface area contributed by atoms with Crippen molar-refractivity contribution in [2.24, 2.45) is 0 Å². The minimum atomic E-state index is -0.657. The summed E-state index contributed by atoms with van der Waals surface area (Å²) in [6.07, 6.45) is 0. The highest BCUT2D eigenvalue weighted by molar-refractivity contribution is 5.86. The normalized spacial score (nSPS) is 12.5. The lowest BCUT2D eigenvalue weighted by molar-refractivity contribution is -0.128. The van der Waals surface area contributed by atoms with Gasteiger partial charge < -0.3 is 0 Å². The molecule has 160 valence electrons. The van der Waals surface area contributed by atoms with Gasteiger partial charge in [-0.1, -0.05) is 6.92 Å². The van der Waals surface area contributed by atoms with Crippen molar-refractivity contribution >= 4 is 28.9 Å². The average Bonchev–Trinajstić information content (AvgIpc) is 2.53. The first-order valence-corrected chi connectivity index (χ1v) is 9.63. The topological polar surface area (TPSA) is 95.1 Å². The van der Waals surface area contributed by atoms with Gasteiger partial charge in [-0.2, -0.15) is 0 Å². The molecule has 0 heterocycles. The Hall–Kier alpha value is -1.77. The van der Waals surface area contributed by atoms with E-state index < -0.39 is 6.04 Å². The second-order valence-electron chi connectivity index (χ2n) is 7.44. The molecule has 8 heteroatoms. The quantitative estimate of drug-likeness (QED) is 0.365. The molecule has 0 aromatic carbocycles. The molecule has 0 spiro atoms. The molecule has 0 aliphatic rings. The molecule has 0 radical (unpaired) electrons. The molecule has 0 saturated heterocycles. The smallest absolute Gasteiger partial charge is 0.148 e. The predicted octanol–water partition coefficient (Wildman–Crippen LogP) is 0.226. The number of carbonyl (C=O) groups is 5. The number of nitrogens with zero attached hydrogens (tertiary/aromatic N) is 3. The van der Waals surface area contributed by atoms with Gasteiger partial charge in [0.2, 0.25) is 0 Å². The molecule has 0 fully saturated rings. The van der Waals surface area contributed by atoms with Gasteiger partial charge >= 0.3 is 0 Å². The Bertz CT molecular complexity index is 560. The SMILES string of the molecule is CCN(CCN(CC(C)=O)CC(C(C)=O)N(CC(C)=O)CC(C)=O)CC(C)=O. The largest absolute Gasteiger partial charge is 0.299 e. The number of Topliss-reactive ketones (excluding diaryl/α,β-unsaturated/α-hetero) is 5. The van der Waals surface area contributed by atoms with E-state index in [4.69, 9.17) is 0 Å². The summed E-state index contributed by atoms with van der Waals surface area (Å²) in [4.78, 5) is 64.0.